The van der Waals surface area contributed by atoms with Crippen LogP contribution in [0.5, 0.6) is 5.75 Å². The van der Waals surface area contributed by atoms with E-state index in [0.29, 0.717) is 12.4 Å². The molecule has 1 atom stereocenters. The maximum atomic E-state index is 12.3. The molecule has 0 aliphatic heterocycles. The fourth-order valence-electron chi connectivity index (χ4n) is 1.72. The molecule has 114 valence electrons. The van der Waals surface area contributed by atoms with E-state index < -0.39 is 10.0 Å². The van der Waals surface area contributed by atoms with Crippen LogP contribution in [0.2, 0.25) is 0 Å². The summed E-state index contributed by atoms with van der Waals surface area (Å²) in [4.78, 5) is 0.212. The Balaban J connectivity index is 2.93. The molecule has 0 aromatic heterocycles. The topological polar surface area (TPSA) is 81.4 Å². The van der Waals surface area contributed by atoms with Crippen molar-refractivity contribution in [1.82, 2.24) is 4.72 Å². The maximum absolute atomic E-state index is 12.3. The van der Waals surface area contributed by atoms with E-state index in [-0.39, 0.29) is 22.9 Å². The van der Waals surface area contributed by atoms with Crippen LogP contribution in [0, 0.1) is 5.41 Å². The van der Waals surface area contributed by atoms with Gasteiger partial charge in [-0.15, -0.1) is 0 Å². The van der Waals surface area contributed by atoms with E-state index in [1.807, 2.05) is 27.7 Å². The van der Waals surface area contributed by atoms with E-state index in [0.717, 1.165) is 0 Å². The van der Waals surface area contributed by atoms with Gasteiger partial charge in [0.1, 0.15) is 5.75 Å². The number of hydrogen-bond acceptors (Lipinski definition) is 4. The molecule has 0 amide bonds. The Bertz CT molecular complexity index is 518. The molecule has 0 fully saturated rings. The van der Waals surface area contributed by atoms with Crippen LogP contribution in [-0.4, -0.2) is 27.6 Å². The van der Waals surface area contributed by atoms with Crippen molar-refractivity contribution < 1.29 is 13.2 Å². The molecule has 0 spiro atoms. The normalized spacial score (nSPS) is 14.1. The van der Waals surface area contributed by atoms with Crippen LogP contribution in [-0.2, 0) is 10.0 Å². The molecule has 6 heteroatoms. The van der Waals surface area contributed by atoms with Crippen molar-refractivity contribution in [3.05, 3.63) is 24.3 Å². The molecule has 20 heavy (non-hydrogen) atoms. The first-order chi connectivity index (χ1) is 9.20. The summed E-state index contributed by atoms with van der Waals surface area (Å²) in [6.45, 7) is 8.52. The molecule has 3 N–H and O–H groups in total. The highest BCUT2D eigenvalue weighted by Crippen LogP contribution is 2.22. The van der Waals surface area contributed by atoms with Crippen LogP contribution < -0.4 is 15.2 Å². The fourth-order valence-corrected chi connectivity index (χ4v) is 3.17. The average molecular weight is 300 g/mol. The van der Waals surface area contributed by atoms with Crippen molar-refractivity contribution in [2.24, 2.45) is 11.1 Å². The molecule has 0 radical (unpaired) electrons. The monoisotopic (exact) mass is 300 g/mol. The zero-order valence-electron chi connectivity index (χ0n) is 12.5. The van der Waals surface area contributed by atoms with Gasteiger partial charge < -0.3 is 10.5 Å². The summed E-state index contributed by atoms with van der Waals surface area (Å²) in [7, 11) is -3.57. The van der Waals surface area contributed by atoms with Crippen molar-refractivity contribution in [1.29, 1.82) is 0 Å². The molecule has 1 aromatic carbocycles. The lowest BCUT2D eigenvalue weighted by Gasteiger charge is -2.30. The summed E-state index contributed by atoms with van der Waals surface area (Å²) in [5.41, 5.74) is 5.42. The van der Waals surface area contributed by atoms with E-state index in [1.165, 1.54) is 12.1 Å². The lowest BCUT2D eigenvalue weighted by atomic mass is 9.88. The Hall–Kier alpha value is -1.11. The minimum atomic E-state index is -3.57. The Morgan fingerprint density at radius 2 is 1.80 bits per heavy atom. The van der Waals surface area contributed by atoms with Gasteiger partial charge in [0, 0.05) is 12.6 Å². The Kier molecular flexibility index (Phi) is 5.56. The smallest absolute Gasteiger partial charge is 0.240 e. The zero-order chi connectivity index (χ0) is 15.4. The van der Waals surface area contributed by atoms with Gasteiger partial charge in [-0.2, -0.15) is 0 Å². The number of nitrogens with one attached hydrogen (secondary N) is 1. The van der Waals surface area contributed by atoms with Crippen LogP contribution in [0.3, 0.4) is 0 Å². The molecular weight excluding hydrogens is 276 g/mol. The predicted molar refractivity (Wildman–Crippen MR) is 80.2 cm³/mol. The molecular formula is C14H24N2O3S. The molecule has 0 saturated heterocycles. The van der Waals surface area contributed by atoms with Crippen LogP contribution in [0.15, 0.2) is 29.2 Å². The van der Waals surface area contributed by atoms with Crippen molar-refractivity contribution in [2.45, 2.75) is 38.6 Å². The highest BCUT2D eigenvalue weighted by atomic mass is 32.2. The largest absolute Gasteiger partial charge is 0.494 e. The second-order valence-electron chi connectivity index (χ2n) is 5.68. The van der Waals surface area contributed by atoms with E-state index in [2.05, 4.69) is 4.72 Å². The number of nitrogens with two attached hydrogens (primary N) is 1. The van der Waals surface area contributed by atoms with E-state index in [1.54, 1.807) is 12.1 Å². The third kappa shape index (κ3) is 4.47. The van der Waals surface area contributed by atoms with Crippen molar-refractivity contribution >= 4 is 10.0 Å². The molecule has 0 aliphatic carbocycles. The molecule has 0 heterocycles. The summed E-state index contributed by atoms with van der Waals surface area (Å²) in [6.07, 6.45) is 0. The van der Waals surface area contributed by atoms with Crippen LogP contribution in [0.1, 0.15) is 27.7 Å². The standard InChI is InChI=1S/C14H24N2O3S/c1-5-19-11-6-8-12(9-7-11)20(17,18)16-13(10-15)14(2,3)4/h6-9,13,16H,5,10,15H2,1-4H3. The number of hydrogen-bond donors (Lipinski definition) is 2. The third-order valence-corrected chi connectivity index (χ3v) is 4.51. The zero-order valence-corrected chi connectivity index (χ0v) is 13.3. The minimum Gasteiger partial charge on any atom is -0.494 e. The van der Waals surface area contributed by atoms with Gasteiger partial charge in [0.25, 0.3) is 0 Å². The van der Waals surface area contributed by atoms with Gasteiger partial charge in [0.05, 0.1) is 11.5 Å². The van der Waals surface area contributed by atoms with Gasteiger partial charge in [-0.1, -0.05) is 20.8 Å². The van der Waals surface area contributed by atoms with Gasteiger partial charge >= 0.3 is 0 Å². The lowest BCUT2D eigenvalue weighted by molar-refractivity contribution is 0.304. The Morgan fingerprint density at radius 1 is 1.25 bits per heavy atom. The summed E-state index contributed by atoms with van der Waals surface area (Å²) in [6, 6.07) is 6.03. The van der Waals surface area contributed by atoms with Gasteiger partial charge in [-0.05, 0) is 36.6 Å². The number of sulfonamides is 1. The van der Waals surface area contributed by atoms with Crippen LogP contribution >= 0.6 is 0 Å². The van der Waals surface area contributed by atoms with E-state index in [9.17, 15) is 8.42 Å². The molecule has 0 aliphatic rings. The maximum Gasteiger partial charge on any atom is 0.240 e. The van der Waals surface area contributed by atoms with Gasteiger partial charge in [0.2, 0.25) is 10.0 Å². The molecule has 0 bridgehead atoms. The van der Waals surface area contributed by atoms with Gasteiger partial charge in [-0.3, -0.25) is 0 Å². The van der Waals surface area contributed by atoms with Gasteiger partial charge in [-0.25, -0.2) is 13.1 Å². The summed E-state index contributed by atoms with van der Waals surface area (Å²) >= 11 is 0. The first kappa shape index (κ1) is 16.9. The summed E-state index contributed by atoms with van der Waals surface area (Å²) in [5, 5.41) is 0. The molecule has 5 nitrogen and oxygen atoms in total. The van der Waals surface area contributed by atoms with Crippen molar-refractivity contribution in [3.8, 4) is 5.75 Å². The lowest BCUT2D eigenvalue weighted by Crippen LogP contribution is -2.48. The Morgan fingerprint density at radius 3 is 2.20 bits per heavy atom. The van der Waals surface area contributed by atoms with Crippen LogP contribution in [0.4, 0.5) is 0 Å². The second kappa shape index (κ2) is 6.56. The highest BCUT2D eigenvalue weighted by molar-refractivity contribution is 7.89. The molecule has 1 rings (SSSR count). The third-order valence-electron chi connectivity index (χ3n) is 3.02. The molecule has 1 unspecified atom stereocenters. The highest BCUT2D eigenvalue weighted by Gasteiger charge is 2.28. The van der Waals surface area contributed by atoms with Gasteiger partial charge in [0.15, 0.2) is 0 Å². The molecule has 0 saturated carbocycles. The number of benzene rings is 1. The minimum absolute atomic E-state index is 0.212. The first-order valence-corrected chi connectivity index (χ1v) is 8.14. The summed E-state index contributed by atoms with van der Waals surface area (Å²) in [5.74, 6) is 0.651. The van der Waals surface area contributed by atoms with Crippen molar-refractivity contribution in [2.75, 3.05) is 13.2 Å². The van der Waals surface area contributed by atoms with E-state index in [4.69, 9.17) is 10.5 Å². The van der Waals surface area contributed by atoms with Crippen molar-refractivity contribution in [3.63, 3.8) is 0 Å². The van der Waals surface area contributed by atoms with E-state index >= 15 is 0 Å². The molecule has 1 aromatic rings. The SMILES string of the molecule is CCOc1ccc(S(=O)(=O)NC(CN)C(C)(C)C)cc1. The summed E-state index contributed by atoms with van der Waals surface area (Å²) < 4.78 is 32.6. The average Bonchev–Trinajstić information content (AvgIpc) is 2.36. The second-order valence-corrected chi connectivity index (χ2v) is 7.39. The Labute approximate surface area is 121 Å². The fraction of sp³-hybridized carbons (Fsp3) is 0.571. The number of rotatable bonds is 6. The van der Waals surface area contributed by atoms with Crippen LogP contribution in [0.25, 0.3) is 0 Å². The first-order valence-electron chi connectivity index (χ1n) is 6.66. The number of ether oxygens (including phenoxy) is 1. The quantitative estimate of drug-likeness (QED) is 0.838. The predicted octanol–water partition coefficient (Wildman–Crippen LogP) is 1.74.